The average Bonchev–Trinajstić information content (AvgIpc) is 2.41. The van der Waals surface area contributed by atoms with Crippen LogP contribution >= 0.6 is 0 Å². The maximum atomic E-state index is 13.6. The molecule has 2 aromatic carbocycles. The Kier molecular flexibility index (Phi) is 3.97. The average molecular weight is 275 g/mol. The predicted molar refractivity (Wildman–Crippen MR) is 68.2 cm³/mol. The van der Waals surface area contributed by atoms with E-state index in [0.29, 0.717) is 17.2 Å². The quantitative estimate of drug-likeness (QED) is 0.929. The van der Waals surface area contributed by atoms with Crippen molar-refractivity contribution in [3.8, 4) is 17.6 Å². The zero-order valence-corrected chi connectivity index (χ0v) is 10.6. The van der Waals surface area contributed by atoms with Crippen LogP contribution in [0.2, 0.25) is 0 Å². The van der Waals surface area contributed by atoms with Crippen LogP contribution in [0.4, 0.5) is 8.78 Å². The number of benzene rings is 2. The molecule has 0 heterocycles. The minimum absolute atomic E-state index is 0.157. The van der Waals surface area contributed by atoms with E-state index in [9.17, 15) is 13.9 Å². The highest BCUT2D eigenvalue weighted by Crippen LogP contribution is 2.32. The van der Waals surface area contributed by atoms with E-state index in [-0.39, 0.29) is 11.5 Å². The van der Waals surface area contributed by atoms with E-state index in [2.05, 4.69) is 0 Å². The molecule has 0 radical (unpaired) electrons. The Morgan fingerprint density at radius 2 is 1.90 bits per heavy atom. The molecular weight excluding hydrogens is 264 g/mol. The van der Waals surface area contributed by atoms with Crippen LogP contribution in [-0.4, -0.2) is 5.11 Å². The molecule has 0 bridgehead atoms. The van der Waals surface area contributed by atoms with Gasteiger partial charge >= 0.3 is 0 Å². The van der Waals surface area contributed by atoms with Crippen LogP contribution in [-0.2, 0) is 0 Å². The summed E-state index contributed by atoms with van der Waals surface area (Å²) < 4.78 is 31.7. The van der Waals surface area contributed by atoms with Crippen molar-refractivity contribution in [1.82, 2.24) is 0 Å². The molecule has 2 aromatic rings. The largest absolute Gasteiger partial charge is 0.454 e. The number of halogens is 2. The Labute approximate surface area is 114 Å². The van der Waals surface area contributed by atoms with Crippen LogP contribution in [0.25, 0.3) is 0 Å². The van der Waals surface area contributed by atoms with Crippen molar-refractivity contribution in [2.75, 3.05) is 0 Å². The molecule has 0 aliphatic heterocycles. The highest BCUT2D eigenvalue weighted by Gasteiger charge is 2.13. The fraction of sp³-hybridized carbons (Fsp3) is 0.133. The minimum atomic E-state index is -0.857. The van der Waals surface area contributed by atoms with Crippen LogP contribution < -0.4 is 4.74 Å². The van der Waals surface area contributed by atoms with Gasteiger partial charge in [-0.1, -0.05) is 6.07 Å². The van der Waals surface area contributed by atoms with Gasteiger partial charge in [-0.3, -0.25) is 0 Å². The summed E-state index contributed by atoms with van der Waals surface area (Å²) in [6, 6.07) is 9.29. The van der Waals surface area contributed by atoms with Crippen LogP contribution in [0, 0.1) is 23.0 Å². The molecule has 0 aliphatic rings. The summed E-state index contributed by atoms with van der Waals surface area (Å²) in [5, 5.41) is 18.5. The molecule has 1 atom stereocenters. The third-order valence-electron chi connectivity index (χ3n) is 2.71. The van der Waals surface area contributed by atoms with Gasteiger partial charge in [0.2, 0.25) is 0 Å². The zero-order chi connectivity index (χ0) is 14.7. The van der Waals surface area contributed by atoms with Crippen LogP contribution in [0.5, 0.6) is 11.5 Å². The van der Waals surface area contributed by atoms with Gasteiger partial charge in [0.25, 0.3) is 0 Å². The van der Waals surface area contributed by atoms with Gasteiger partial charge in [0, 0.05) is 11.6 Å². The molecule has 0 saturated carbocycles. The Bertz CT molecular complexity index is 678. The van der Waals surface area contributed by atoms with Gasteiger partial charge in [-0.2, -0.15) is 5.26 Å². The molecule has 1 N–H and O–H groups in total. The number of nitriles is 1. The Balaban J connectivity index is 2.43. The third-order valence-corrected chi connectivity index (χ3v) is 2.71. The number of hydrogen-bond acceptors (Lipinski definition) is 3. The van der Waals surface area contributed by atoms with E-state index in [1.165, 1.54) is 25.1 Å². The van der Waals surface area contributed by atoms with E-state index in [1.54, 1.807) is 0 Å². The summed E-state index contributed by atoms with van der Waals surface area (Å²) in [5.41, 5.74) is 0.722. The van der Waals surface area contributed by atoms with E-state index in [4.69, 9.17) is 10.00 Å². The van der Waals surface area contributed by atoms with Gasteiger partial charge in [-0.25, -0.2) is 8.78 Å². The molecule has 0 unspecified atom stereocenters. The number of nitrogens with zero attached hydrogens (tertiary/aromatic N) is 1. The second-order valence-electron chi connectivity index (χ2n) is 4.22. The van der Waals surface area contributed by atoms with Crippen molar-refractivity contribution in [3.05, 3.63) is 59.2 Å². The Morgan fingerprint density at radius 1 is 1.15 bits per heavy atom. The van der Waals surface area contributed by atoms with E-state index < -0.39 is 17.7 Å². The predicted octanol–water partition coefficient (Wildman–Crippen LogP) is 3.68. The summed E-state index contributed by atoms with van der Waals surface area (Å²) in [6.07, 6.45) is -0.846. The molecule has 0 aliphatic carbocycles. The number of rotatable bonds is 3. The highest BCUT2D eigenvalue weighted by molar-refractivity contribution is 5.45. The smallest absolute Gasteiger partial charge is 0.168 e. The number of aliphatic hydroxyl groups excluding tert-OH is 1. The first kappa shape index (κ1) is 14.0. The van der Waals surface area contributed by atoms with Crippen molar-refractivity contribution < 1.29 is 18.6 Å². The lowest BCUT2D eigenvalue weighted by Crippen LogP contribution is -1.98. The molecule has 3 nitrogen and oxygen atoms in total. The lowest BCUT2D eigenvalue weighted by Gasteiger charge is -2.14. The van der Waals surface area contributed by atoms with E-state index in [1.807, 2.05) is 6.07 Å². The first-order valence-corrected chi connectivity index (χ1v) is 5.86. The molecular formula is C15H11F2NO2. The van der Waals surface area contributed by atoms with Gasteiger partial charge in [-0.05, 0) is 31.2 Å². The van der Waals surface area contributed by atoms with Crippen molar-refractivity contribution in [3.63, 3.8) is 0 Å². The molecule has 5 heteroatoms. The molecule has 20 heavy (non-hydrogen) atoms. The maximum Gasteiger partial charge on any atom is 0.168 e. The van der Waals surface area contributed by atoms with Crippen molar-refractivity contribution in [2.24, 2.45) is 0 Å². The molecule has 0 spiro atoms. The summed E-state index contributed by atoms with van der Waals surface area (Å²) >= 11 is 0. The van der Waals surface area contributed by atoms with Gasteiger partial charge in [0.15, 0.2) is 11.6 Å². The van der Waals surface area contributed by atoms with Crippen molar-refractivity contribution >= 4 is 0 Å². The highest BCUT2D eigenvalue weighted by atomic mass is 19.1. The van der Waals surface area contributed by atoms with Gasteiger partial charge < -0.3 is 9.84 Å². The topological polar surface area (TPSA) is 53.2 Å². The molecule has 0 saturated heterocycles. The first-order valence-electron chi connectivity index (χ1n) is 5.86. The monoisotopic (exact) mass is 275 g/mol. The summed E-state index contributed by atoms with van der Waals surface area (Å²) in [5.74, 6) is -1.59. The Hall–Kier alpha value is -2.45. The fourth-order valence-corrected chi connectivity index (χ4v) is 1.71. The van der Waals surface area contributed by atoms with Crippen LogP contribution in [0.1, 0.15) is 24.2 Å². The van der Waals surface area contributed by atoms with E-state index in [0.717, 1.165) is 12.1 Å². The van der Waals surface area contributed by atoms with Crippen molar-refractivity contribution in [2.45, 2.75) is 13.0 Å². The SMILES string of the molecule is C[C@@H](O)c1ccc(C#N)cc1Oc1ccc(F)cc1F. The van der Waals surface area contributed by atoms with E-state index >= 15 is 0 Å². The molecule has 0 amide bonds. The van der Waals surface area contributed by atoms with Gasteiger partial charge in [0.05, 0.1) is 17.7 Å². The molecule has 0 fully saturated rings. The zero-order valence-electron chi connectivity index (χ0n) is 10.6. The standard InChI is InChI=1S/C15H11F2NO2/c1-9(19)12-4-2-10(8-18)6-15(12)20-14-5-3-11(16)7-13(14)17/h2-7,9,19H,1H3/t9-/m1/s1. The van der Waals surface area contributed by atoms with Gasteiger partial charge in [-0.15, -0.1) is 0 Å². The maximum absolute atomic E-state index is 13.6. The fourth-order valence-electron chi connectivity index (χ4n) is 1.71. The Morgan fingerprint density at radius 3 is 2.50 bits per heavy atom. The second kappa shape index (κ2) is 5.68. The number of hydrogen-bond donors (Lipinski definition) is 1. The number of aliphatic hydroxyl groups is 1. The van der Waals surface area contributed by atoms with Gasteiger partial charge in [0.1, 0.15) is 11.6 Å². The molecule has 102 valence electrons. The summed E-state index contributed by atoms with van der Waals surface area (Å²) in [6.45, 7) is 1.52. The minimum Gasteiger partial charge on any atom is -0.454 e. The normalized spacial score (nSPS) is 11.8. The van der Waals surface area contributed by atoms with Crippen LogP contribution in [0.3, 0.4) is 0 Å². The molecule has 2 rings (SSSR count). The lowest BCUT2D eigenvalue weighted by molar-refractivity contribution is 0.195. The first-order chi connectivity index (χ1) is 9.51. The van der Waals surface area contributed by atoms with Crippen molar-refractivity contribution in [1.29, 1.82) is 5.26 Å². The second-order valence-corrected chi connectivity index (χ2v) is 4.22. The van der Waals surface area contributed by atoms with Crippen LogP contribution in [0.15, 0.2) is 36.4 Å². The lowest BCUT2D eigenvalue weighted by atomic mass is 10.1. The molecule has 0 aromatic heterocycles. The summed E-state index contributed by atoms with van der Waals surface area (Å²) in [7, 11) is 0. The third kappa shape index (κ3) is 2.92. The number of ether oxygens (including phenoxy) is 1. The summed E-state index contributed by atoms with van der Waals surface area (Å²) in [4.78, 5) is 0.